The molecule has 2 saturated heterocycles. The number of amides is 1. The topological polar surface area (TPSA) is 35.6 Å². The molecule has 1 saturated carbocycles. The zero-order valence-electron chi connectivity index (χ0n) is 19.4. The van der Waals surface area contributed by atoms with Gasteiger partial charge in [0.25, 0.3) is 11.8 Å². The number of nitrogens with one attached hydrogen (secondary N) is 1. The molecule has 182 valence electrons. The van der Waals surface area contributed by atoms with E-state index < -0.39 is 5.92 Å². The van der Waals surface area contributed by atoms with Gasteiger partial charge in [-0.2, -0.15) is 0 Å². The zero-order valence-corrected chi connectivity index (χ0v) is 22.4. The average molecular weight is 598 g/mol. The predicted octanol–water partition coefficient (Wildman–Crippen LogP) is 6.88. The maximum Gasteiger partial charge on any atom is 0.257 e. The molecular weight excluding hydrogens is 567 g/mol. The van der Waals surface area contributed by atoms with Gasteiger partial charge in [-0.1, -0.05) is 0 Å². The number of carbonyl (C=O) groups is 1. The van der Waals surface area contributed by atoms with Crippen LogP contribution in [0.5, 0.6) is 0 Å². The van der Waals surface area contributed by atoms with Crippen molar-refractivity contribution in [3.63, 3.8) is 0 Å². The van der Waals surface area contributed by atoms with Crippen LogP contribution in [0.15, 0.2) is 41.3 Å². The Bertz CT molecular complexity index is 1070. The highest BCUT2D eigenvalue weighted by Gasteiger charge is 2.44. The fourth-order valence-electron chi connectivity index (χ4n) is 5.15. The lowest BCUT2D eigenvalue weighted by Gasteiger charge is -2.35. The molecule has 2 heterocycles. The van der Waals surface area contributed by atoms with Crippen molar-refractivity contribution in [1.29, 1.82) is 0 Å². The molecule has 2 aromatic carbocycles. The summed E-state index contributed by atoms with van der Waals surface area (Å²) in [5.74, 6) is -2.72. The van der Waals surface area contributed by atoms with E-state index in [-0.39, 0.29) is 18.7 Å². The molecule has 0 aromatic heterocycles. The van der Waals surface area contributed by atoms with Crippen LogP contribution < -0.4 is 15.1 Å². The summed E-state index contributed by atoms with van der Waals surface area (Å²) in [5.41, 5.74) is 3.86. The summed E-state index contributed by atoms with van der Waals surface area (Å²) in [5, 5.41) is 3.08. The number of alkyl halides is 2. The van der Waals surface area contributed by atoms with Crippen molar-refractivity contribution in [3.8, 4) is 0 Å². The Hall–Kier alpha value is -1.55. The summed E-state index contributed by atoms with van der Waals surface area (Å²) in [6.45, 7) is 2.62. The van der Waals surface area contributed by atoms with Crippen LogP contribution >= 0.6 is 34.4 Å². The lowest BCUT2D eigenvalue weighted by Crippen LogP contribution is -2.39. The molecule has 3 fully saturated rings. The number of nitrogens with zero attached hydrogens (tertiary/aromatic N) is 2. The molecule has 0 radical (unpaired) electrons. The second kappa shape index (κ2) is 9.48. The summed E-state index contributed by atoms with van der Waals surface area (Å²) in [4.78, 5) is 18.8. The minimum absolute atomic E-state index is 0.133. The number of hydrogen-bond acceptors (Lipinski definition) is 4. The first kappa shape index (κ1) is 24.2. The molecule has 0 bridgehead atoms. The first-order valence-corrected chi connectivity index (χ1v) is 14.2. The Labute approximate surface area is 218 Å². The summed E-state index contributed by atoms with van der Waals surface area (Å²) in [7, 11) is 0. The van der Waals surface area contributed by atoms with E-state index >= 15 is 0 Å². The van der Waals surface area contributed by atoms with Gasteiger partial charge in [0.1, 0.15) is 0 Å². The molecule has 1 amide bonds. The molecule has 5 rings (SSSR count). The highest BCUT2D eigenvalue weighted by Crippen LogP contribution is 2.54. The molecule has 1 aliphatic carbocycles. The van der Waals surface area contributed by atoms with Crippen molar-refractivity contribution in [3.05, 3.63) is 45.5 Å². The van der Waals surface area contributed by atoms with Gasteiger partial charge >= 0.3 is 0 Å². The van der Waals surface area contributed by atoms with Gasteiger partial charge in [0.05, 0.1) is 16.9 Å². The van der Waals surface area contributed by atoms with Gasteiger partial charge in [0.15, 0.2) is 0 Å². The summed E-state index contributed by atoms with van der Waals surface area (Å²) >= 11 is 3.90. The SMILES string of the molecule is CSc1ccc(NC(=O)c2ccc(I)cc2N2CCC3(CC2)CC3)cc1N1CCC(F)(F)CC1. The third-order valence-electron chi connectivity index (χ3n) is 7.60. The van der Waals surface area contributed by atoms with Crippen LogP contribution in [0.4, 0.5) is 25.8 Å². The van der Waals surface area contributed by atoms with Gasteiger partial charge in [-0.05, 0) is 96.3 Å². The van der Waals surface area contributed by atoms with Crippen LogP contribution in [-0.4, -0.2) is 44.3 Å². The van der Waals surface area contributed by atoms with Gasteiger partial charge in [-0.25, -0.2) is 8.78 Å². The minimum Gasteiger partial charge on any atom is -0.371 e. The molecule has 8 heteroatoms. The summed E-state index contributed by atoms with van der Waals surface area (Å²) in [6, 6.07) is 11.8. The van der Waals surface area contributed by atoms with E-state index in [1.54, 1.807) is 11.8 Å². The van der Waals surface area contributed by atoms with Crippen LogP contribution in [0.3, 0.4) is 0 Å². The van der Waals surface area contributed by atoms with E-state index in [2.05, 4.69) is 38.9 Å². The summed E-state index contributed by atoms with van der Waals surface area (Å²) in [6.07, 6.45) is 6.81. The normalized spacial score (nSPS) is 20.9. The van der Waals surface area contributed by atoms with Crippen LogP contribution in [0.25, 0.3) is 0 Å². The van der Waals surface area contributed by atoms with Crippen molar-refractivity contribution >= 4 is 57.3 Å². The number of halogens is 3. The number of piperidine rings is 2. The monoisotopic (exact) mass is 597 g/mol. The Balaban J connectivity index is 1.35. The Kier molecular flexibility index (Phi) is 6.74. The molecule has 0 atom stereocenters. The van der Waals surface area contributed by atoms with Crippen molar-refractivity contribution in [1.82, 2.24) is 0 Å². The molecule has 2 aliphatic heterocycles. The number of thioether (sulfide) groups is 1. The van der Waals surface area contributed by atoms with Gasteiger partial charge < -0.3 is 15.1 Å². The van der Waals surface area contributed by atoms with Gasteiger partial charge in [0.2, 0.25) is 0 Å². The maximum absolute atomic E-state index is 13.7. The van der Waals surface area contributed by atoms with E-state index in [9.17, 15) is 13.6 Å². The second-order valence-electron chi connectivity index (χ2n) is 9.83. The number of rotatable bonds is 5. The van der Waals surface area contributed by atoms with E-state index in [0.29, 0.717) is 29.8 Å². The van der Waals surface area contributed by atoms with Gasteiger partial charge in [-0.3, -0.25) is 4.79 Å². The molecular formula is C26H30F2IN3OS. The van der Waals surface area contributed by atoms with Crippen LogP contribution in [-0.2, 0) is 0 Å². The number of hydrogen-bond donors (Lipinski definition) is 1. The number of carbonyl (C=O) groups excluding carboxylic acids is 1. The molecule has 0 unspecified atom stereocenters. The molecule has 34 heavy (non-hydrogen) atoms. The fraction of sp³-hybridized carbons (Fsp3) is 0.500. The maximum atomic E-state index is 13.7. The van der Waals surface area contributed by atoms with Crippen molar-refractivity contribution in [2.45, 2.75) is 49.3 Å². The van der Waals surface area contributed by atoms with Crippen molar-refractivity contribution in [2.24, 2.45) is 5.41 Å². The molecule has 1 N–H and O–H groups in total. The lowest BCUT2D eigenvalue weighted by molar-refractivity contribution is -0.0221. The molecule has 2 aromatic rings. The molecule has 3 aliphatic rings. The third-order valence-corrected chi connectivity index (χ3v) is 9.05. The van der Waals surface area contributed by atoms with Gasteiger partial charge in [-0.15, -0.1) is 11.8 Å². The van der Waals surface area contributed by atoms with Gasteiger partial charge in [0, 0.05) is 53.2 Å². The minimum atomic E-state index is -2.59. The summed E-state index contributed by atoms with van der Waals surface area (Å²) < 4.78 is 28.5. The van der Waals surface area contributed by atoms with E-state index in [0.717, 1.165) is 32.9 Å². The smallest absolute Gasteiger partial charge is 0.257 e. The first-order valence-electron chi connectivity index (χ1n) is 11.9. The lowest BCUT2D eigenvalue weighted by atomic mass is 9.93. The first-order chi connectivity index (χ1) is 16.3. The van der Waals surface area contributed by atoms with Crippen molar-refractivity contribution < 1.29 is 13.6 Å². The fourth-order valence-corrected chi connectivity index (χ4v) is 6.22. The highest BCUT2D eigenvalue weighted by molar-refractivity contribution is 14.1. The Morgan fingerprint density at radius 1 is 0.912 bits per heavy atom. The zero-order chi connectivity index (χ0) is 23.9. The standard InChI is InChI=1S/C26H30F2IN3OS/c1-34-23-5-3-19(17-22(23)32-14-10-26(27,28)11-15-32)30-24(33)20-4-2-18(29)16-21(20)31-12-8-25(6-7-25)9-13-31/h2-5,16-17H,6-15H2,1H3,(H,30,33). The van der Waals surface area contributed by atoms with E-state index in [4.69, 9.17) is 0 Å². The third kappa shape index (κ3) is 5.17. The second-order valence-corrected chi connectivity index (χ2v) is 11.9. The Morgan fingerprint density at radius 2 is 1.56 bits per heavy atom. The van der Waals surface area contributed by atoms with Crippen LogP contribution in [0, 0.1) is 8.99 Å². The van der Waals surface area contributed by atoms with E-state index in [1.165, 1.54) is 25.7 Å². The van der Waals surface area contributed by atoms with Crippen LogP contribution in [0.1, 0.15) is 48.9 Å². The Morgan fingerprint density at radius 3 is 2.21 bits per heavy atom. The predicted molar refractivity (Wildman–Crippen MR) is 145 cm³/mol. The van der Waals surface area contributed by atoms with E-state index in [1.807, 2.05) is 41.5 Å². The number of benzene rings is 2. The number of anilines is 3. The van der Waals surface area contributed by atoms with Crippen molar-refractivity contribution in [2.75, 3.05) is 47.6 Å². The average Bonchev–Trinajstić information content (AvgIpc) is 3.58. The van der Waals surface area contributed by atoms with Crippen LogP contribution in [0.2, 0.25) is 0 Å². The molecule has 4 nitrogen and oxygen atoms in total. The quantitative estimate of drug-likeness (QED) is 0.301. The largest absolute Gasteiger partial charge is 0.371 e. The highest BCUT2D eigenvalue weighted by atomic mass is 127. The molecule has 1 spiro atoms.